The molecule has 0 N–H and O–H groups in total. The first-order valence-corrected chi connectivity index (χ1v) is 4.80. The van der Waals surface area contributed by atoms with E-state index in [1.165, 1.54) is 4.90 Å². The SMILES string of the molecule is CC(CS)CN1C(=O)COCC1=O. The van der Waals surface area contributed by atoms with Crippen LogP contribution in [0.25, 0.3) is 0 Å². The Labute approximate surface area is 82.6 Å². The van der Waals surface area contributed by atoms with E-state index in [-0.39, 0.29) is 30.9 Å². The number of hydrogen-bond acceptors (Lipinski definition) is 4. The molecule has 5 heteroatoms. The number of carbonyl (C=O) groups excluding carboxylic acids is 2. The van der Waals surface area contributed by atoms with Gasteiger partial charge in [-0.2, -0.15) is 12.6 Å². The van der Waals surface area contributed by atoms with Crippen molar-refractivity contribution in [3.8, 4) is 0 Å². The van der Waals surface area contributed by atoms with Crippen LogP contribution in [-0.4, -0.2) is 42.2 Å². The number of thiol groups is 1. The van der Waals surface area contributed by atoms with Crippen LogP contribution < -0.4 is 0 Å². The van der Waals surface area contributed by atoms with Crippen LogP contribution in [0.5, 0.6) is 0 Å². The molecular formula is C8H13NO3S. The van der Waals surface area contributed by atoms with Crippen molar-refractivity contribution in [3.05, 3.63) is 0 Å². The molecule has 1 aliphatic rings. The number of imide groups is 1. The summed E-state index contributed by atoms with van der Waals surface area (Å²) in [5.74, 6) is 0.405. The van der Waals surface area contributed by atoms with Gasteiger partial charge in [-0.05, 0) is 11.7 Å². The lowest BCUT2D eigenvalue weighted by Gasteiger charge is -2.26. The Morgan fingerprint density at radius 1 is 1.46 bits per heavy atom. The van der Waals surface area contributed by atoms with Crippen LogP contribution in [-0.2, 0) is 14.3 Å². The topological polar surface area (TPSA) is 46.6 Å². The van der Waals surface area contributed by atoms with Gasteiger partial charge in [0.1, 0.15) is 13.2 Å². The Kier molecular flexibility index (Phi) is 3.74. The van der Waals surface area contributed by atoms with Crippen molar-refractivity contribution in [3.63, 3.8) is 0 Å². The Hall–Kier alpha value is -0.550. The standard InChI is InChI=1S/C8H13NO3S/c1-6(5-13)2-9-7(10)3-12-4-8(9)11/h6,13H,2-5H2,1H3. The fourth-order valence-electron chi connectivity index (χ4n) is 1.09. The maximum Gasteiger partial charge on any atom is 0.255 e. The van der Waals surface area contributed by atoms with Gasteiger partial charge in [-0.3, -0.25) is 14.5 Å². The number of hydrogen-bond donors (Lipinski definition) is 1. The molecule has 1 fully saturated rings. The molecule has 0 aliphatic carbocycles. The van der Waals surface area contributed by atoms with Crippen molar-refractivity contribution in [1.29, 1.82) is 0 Å². The zero-order valence-corrected chi connectivity index (χ0v) is 8.42. The highest BCUT2D eigenvalue weighted by Gasteiger charge is 2.27. The average Bonchev–Trinajstić information content (AvgIpc) is 2.11. The van der Waals surface area contributed by atoms with Crippen molar-refractivity contribution in [1.82, 2.24) is 4.90 Å². The summed E-state index contributed by atoms with van der Waals surface area (Å²) in [5, 5.41) is 0. The van der Waals surface area contributed by atoms with Crippen LogP contribution in [0, 0.1) is 5.92 Å². The van der Waals surface area contributed by atoms with Gasteiger partial charge in [-0.25, -0.2) is 0 Å². The molecule has 1 atom stereocenters. The summed E-state index contributed by atoms with van der Waals surface area (Å²) in [5.41, 5.74) is 0. The molecule has 13 heavy (non-hydrogen) atoms. The first kappa shape index (κ1) is 10.5. The highest BCUT2D eigenvalue weighted by atomic mass is 32.1. The third-order valence-electron chi connectivity index (χ3n) is 1.86. The van der Waals surface area contributed by atoms with E-state index in [0.717, 1.165) is 0 Å². The average molecular weight is 203 g/mol. The van der Waals surface area contributed by atoms with Gasteiger partial charge in [0, 0.05) is 6.54 Å². The highest BCUT2D eigenvalue weighted by molar-refractivity contribution is 7.80. The molecular weight excluding hydrogens is 190 g/mol. The second kappa shape index (κ2) is 4.62. The van der Waals surface area contributed by atoms with E-state index >= 15 is 0 Å². The van der Waals surface area contributed by atoms with Crippen LogP contribution in [0.1, 0.15) is 6.92 Å². The van der Waals surface area contributed by atoms with Gasteiger partial charge in [0.2, 0.25) is 0 Å². The number of morpholine rings is 1. The highest BCUT2D eigenvalue weighted by Crippen LogP contribution is 2.06. The minimum absolute atomic E-state index is 0.0189. The molecule has 0 aromatic rings. The summed E-state index contributed by atoms with van der Waals surface area (Å²) in [7, 11) is 0. The zero-order chi connectivity index (χ0) is 9.84. The van der Waals surface area contributed by atoms with Crippen molar-refractivity contribution in [2.24, 2.45) is 5.92 Å². The Bertz CT molecular complexity index is 203. The second-order valence-corrected chi connectivity index (χ2v) is 3.54. The smallest absolute Gasteiger partial charge is 0.255 e. The number of nitrogens with zero attached hydrogens (tertiary/aromatic N) is 1. The van der Waals surface area contributed by atoms with Gasteiger partial charge in [0.05, 0.1) is 0 Å². The van der Waals surface area contributed by atoms with E-state index in [0.29, 0.717) is 12.3 Å². The van der Waals surface area contributed by atoms with E-state index in [1.807, 2.05) is 6.92 Å². The first-order chi connectivity index (χ1) is 6.15. The molecule has 0 spiro atoms. The summed E-state index contributed by atoms with van der Waals surface area (Å²) >= 11 is 4.09. The number of ether oxygens (including phenoxy) is 1. The molecule has 1 saturated heterocycles. The van der Waals surface area contributed by atoms with Gasteiger partial charge < -0.3 is 4.74 Å². The zero-order valence-electron chi connectivity index (χ0n) is 7.52. The van der Waals surface area contributed by atoms with E-state index < -0.39 is 0 Å². The van der Waals surface area contributed by atoms with Crippen molar-refractivity contribution in [2.75, 3.05) is 25.5 Å². The number of amides is 2. The molecule has 1 rings (SSSR count). The lowest BCUT2D eigenvalue weighted by molar-refractivity contribution is -0.159. The summed E-state index contributed by atoms with van der Waals surface area (Å²) in [6, 6.07) is 0. The Balaban J connectivity index is 2.54. The lowest BCUT2D eigenvalue weighted by Crippen LogP contribution is -2.48. The van der Waals surface area contributed by atoms with Crippen molar-refractivity contribution >= 4 is 24.4 Å². The summed E-state index contributed by atoms with van der Waals surface area (Å²) in [6.07, 6.45) is 0. The minimum atomic E-state index is -0.245. The van der Waals surface area contributed by atoms with Crippen LogP contribution in [0.2, 0.25) is 0 Å². The predicted molar refractivity (Wildman–Crippen MR) is 50.6 cm³/mol. The fourth-order valence-corrected chi connectivity index (χ4v) is 1.21. The maximum absolute atomic E-state index is 11.2. The third kappa shape index (κ3) is 2.70. The van der Waals surface area contributed by atoms with E-state index in [1.54, 1.807) is 0 Å². The van der Waals surface area contributed by atoms with Crippen LogP contribution >= 0.6 is 12.6 Å². The molecule has 0 aromatic heterocycles. The monoisotopic (exact) mass is 203 g/mol. The van der Waals surface area contributed by atoms with Crippen molar-refractivity contribution in [2.45, 2.75) is 6.92 Å². The molecule has 1 aliphatic heterocycles. The molecule has 0 bridgehead atoms. The maximum atomic E-state index is 11.2. The largest absolute Gasteiger partial charge is 0.362 e. The Morgan fingerprint density at radius 3 is 2.46 bits per heavy atom. The van der Waals surface area contributed by atoms with E-state index in [9.17, 15) is 9.59 Å². The molecule has 74 valence electrons. The van der Waals surface area contributed by atoms with E-state index in [4.69, 9.17) is 4.74 Å². The molecule has 0 saturated carbocycles. The van der Waals surface area contributed by atoms with Gasteiger partial charge in [-0.1, -0.05) is 6.92 Å². The molecule has 1 heterocycles. The van der Waals surface area contributed by atoms with E-state index in [2.05, 4.69) is 12.6 Å². The quantitative estimate of drug-likeness (QED) is 0.516. The summed E-state index contributed by atoms with van der Waals surface area (Å²) in [4.78, 5) is 23.7. The summed E-state index contributed by atoms with van der Waals surface area (Å²) < 4.78 is 4.78. The first-order valence-electron chi connectivity index (χ1n) is 4.17. The van der Waals surface area contributed by atoms with Crippen LogP contribution in [0.4, 0.5) is 0 Å². The second-order valence-electron chi connectivity index (χ2n) is 3.18. The predicted octanol–water partition coefficient (Wildman–Crippen LogP) is -0.0623. The van der Waals surface area contributed by atoms with Gasteiger partial charge >= 0.3 is 0 Å². The number of rotatable bonds is 3. The Morgan fingerprint density at radius 2 is 2.00 bits per heavy atom. The summed E-state index contributed by atoms with van der Waals surface area (Å²) in [6.45, 7) is 2.43. The van der Waals surface area contributed by atoms with Gasteiger partial charge in [-0.15, -0.1) is 0 Å². The molecule has 0 aromatic carbocycles. The fraction of sp³-hybridized carbons (Fsp3) is 0.750. The number of carbonyl (C=O) groups is 2. The molecule has 4 nitrogen and oxygen atoms in total. The third-order valence-corrected chi connectivity index (χ3v) is 2.48. The normalized spacial score (nSPS) is 20.6. The van der Waals surface area contributed by atoms with Gasteiger partial charge in [0.25, 0.3) is 11.8 Å². The van der Waals surface area contributed by atoms with Crippen LogP contribution in [0.15, 0.2) is 0 Å². The van der Waals surface area contributed by atoms with Crippen molar-refractivity contribution < 1.29 is 14.3 Å². The lowest BCUT2D eigenvalue weighted by atomic mass is 10.2. The van der Waals surface area contributed by atoms with Gasteiger partial charge in [0.15, 0.2) is 0 Å². The van der Waals surface area contributed by atoms with Crippen LogP contribution in [0.3, 0.4) is 0 Å². The minimum Gasteiger partial charge on any atom is -0.362 e. The molecule has 2 amide bonds. The molecule has 1 unspecified atom stereocenters. The molecule has 0 radical (unpaired) electrons.